The van der Waals surface area contributed by atoms with Crippen LogP contribution in [0.15, 0.2) is 0 Å². The molecule has 0 fully saturated rings. The van der Waals surface area contributed by atoms with Gasteiger partial charge in [0.1, 0.15) is 0 Å². The second kappa shape index (κ2) is 9.99. The molecule has 0 bridgehead atoms. The molecule has 8 heavy (non-hydrogen) atoms. The van der Waals surface area contributed by atoms with E-state index in [9.17, 15) is 4.79 Å². The zero-order valence-corrected chi connectivity index (χ0v) is 5.29. The summed E-state index contributed by atoms with van der Waals surface area (Å²) >= 11 is 2.09. The second-order valence-corrected chi connectivity index (χ2v) is 1.18. The molecular formula is C2H8AlNO4. The zero-order valence-electron chi connectivity index (χ0n) is 4.14. The van der Waals surface area contributed by atoms with Gasteiger partial charge in [0, 0.05) is 0 Å². The Balaban J connectivity index is -0.000000125. The lowest BCUT2D eigenvalue weighted by atomic mass is 10.7. The van der Waals surface area contributed by atoms with E-state index in [1.807, 2.05) is 0 Å². The Bertz CT molecular complexity index is 58.0. The van der Waals surface area contributed by atoms with Crippen molar-refractivity contribution in [1.29, 1.82) is 0 Å². The highest BCUT2D eigenvalue weighted by Crippen LogP contribution is 1.50. The molecule has 0 amide bonds. The summed E-state index contributed by atoms with van der Waals surface area (Å²) in [6.07, 6.45) is 0. The molecule has 5 nitrogen and oxygen atoms in total. The molecule has 48 valence electrons. The molecule has 0 aliphatic rings. The van der Waals surface area contributed by atoms with Gasteiger partial charge in [0.25, 0.3) is 16.5 Å². The van der Waals surface area contributed by atoms with Crippen LogP contribution in [0.5, 0.6) is 0 Å². The van der Waals surface area contributed by atoms with Crippen LogP contribution in [0.2, 0.25) is 0 Å². The Morgan fingerprint density at radius 2 is 2.00 bits per heavy atom. The van der Waals surface area contributed by atoms with E-state index in [0.717, 1.165) is 0 Å². The molecule has 0 aliphatic carbocycles. The van der Waals surface area contributed by atoms with Gasteiger partial charge in [-0.1, -0.05) is 0 Å². The van der Waals surface area contributed by atoms with E-state index in [1.54, 1.807) is 0 Å². The van der Waals surface area contributed by atoms with E-state index in [1.165, 1.54) is 0 Å². The molecule has 0 aliphatic heterocycles. The maximum atomic E-state index is 9.52. The number of nitrogens with one attached hydrogen (secondary N) is 1. The fraction of sp³-hybridized carbons (Fsp3) is 0.500. The normalized spacial score (nSPS) is 6.00. The first-order valence-electron chi connectivity index (χ1n) is 1.42. The molecule has 0 aromatic heterocycles. The minimum atomic E-state index is -0.843. The van der Waals surface area contributed by atoms with Gasteiger partial charge < -0.3 is 20.4 Å². The molecule has 0 saturated heterocycles. The third-order valence-corrected chi connectivity index (χ3v) is 0.457. The molecule has 0 aromatic rings. The summed E-state index contributed by atoms with van der Waals surface area (Å²) in [5.41, 5.74) is 0. The third kappa shape index (κ3) is 16.9. The molecule has 6 heteroatoms. The number of hydrogen-bond acceptors (Lipinski definition) is 2. The lowest BCUT2D eigenvalue weighted by Gasteiger charge is -1.85. The lowest BCUT2D eigenvalue weighted by molar-refractivity contribution is -0.135. The maximum Gasteiger partial charge on any atom is 0.315 e. The van der Waals surface area contributed by atoms with Gasteiger partial charge in [-0.05, 0) is 0 Å². The zero-order chi connectivity index (χ0) is 4.99. The van der Waals surface area contributed by atoms with Crippen LogP contribution in [0.25, 0.3) is 0 Å². The van der Waals surface area contributed by atoms with E-state index >= 15 is 0 Å². The summed E-state index contributed by atoms with van der Waals surface area (Å²) in [7, 11) is 0. The highest BCUT2D eigenvalue weighted by molar-refractivity contribution is 6.05. The Morgan fingerprint density at radius 3 is 2.00 bits per heavy atom. The first kappa shape index (κ1) is 15.7. The van der Waals surface area contributed by atoms with Crippen molar-refractivity contribution < 1.29 is 20.9 Å². The average Bonchev–Trinajstić information content (AvgIpc) is 1.35. The number of hydrogen-bond donors (Lipinski definition) is 2. The van der Waals surface area contributed by atoms with Crippen molar-refractivity contribution in [2.24, 2.45) is 0 Å². The molecule has 0 heterocycles. The van der Waals surface area contributed by atoms with Crippen molar-refractivity contribution in [3.63, 3.8) is 0 Å². The van der Waals surface area contributed by atoms with E-state index in [2.05, 4.69) is 20.8 Å². The second-order valence-electron chi connectivity index (χ2n) is 0.775. The summed E-state index contributed by atoms with van der Waals surface area (Å²) in [6, 6.07) is 0. The van der Waals surface area contributed by atoms with Gasteiger partial charge in [0.05, 0.1) is 6.54 Å². The molecule has 0 spiro atoms. The summed E-state index contributed by atoms with van der Waals surface area (Å²) in [5.74, 6) is -0.843. The highest BCUT2D eigenvalue weighted by Gasteiger charge is 1.85. The molecule has 0 rings (SSSR count). The summed E-state index contributed by atoms with van der Waals surface area (Å²) in [5, 5.41) is 7.84. The van der Waals surface area contributed by atoms with Crippen LogP contribution in [0, 0.1) is 0 Å². The average molecular weight is 137 g/mol. The van der Waals surface area contributed by atoms with E-state index in [0.29, 0.717) is 0 Å². The smallest absolute Gasteiger partial charge is 0.315 e. The monoisotopic (exact) mass is 137 g/mol. The number of carboxylic acid groups (broad SMARTS) is 1. The lowest BCUT2D eigenvalue weighted by Crippen LogP contribution is -2.18. The fourth-order valence-electron chi connectivity index (χ4n) is 0.0873. The molecule has 0 unspecified atom stereocenters. The SMILES string of the molecule is O.O.O=C(O)C[NH][Al]. The third-order valence-electron chi connectivity index (χ3n) is 0.253. The van der Waals surface area contributed by atoms with Gasteiger partial charge >= 0.3 is 5.97 Å². The number of carboxylic acids is 1. The van der Waals surface area contributed by atoms with Crippen molar-refractivity contribution in [1.82, 2.24) is 4.30 Å². The van der Waals surface area contributed by atoms with Crippen molar-refractivity contribution in [2.75, 3.05) is 6.54 Å². The van der Waals surface area contributed by atoms with Crippen LogP contribution >= 0.6 is 0 Å². The van der Waals surface area contributed by atoms with E-state index < -0.39 is 5.97 Å². The predicted molar refractivity (Wildman–Crippen MR) is 28.6 cm³/mol. The van der Waals surface area contributed by atoms with Crippen molar-refractivity contribution in [2.45, 2.75) is 0 Å². The minimum absolute atomic E-state index is 0. The number of carbonyl (C=O) groups is 1. The molecule has 0 saturated carbocycles. The summed E-state index contributed by atoms with van der Waals surface area (Å²) < 4.78 is 2.38. The van der Waals surface area contributed by atoms with Crippen LogP contribution in [0.4, 0.5) is 0 Å². The first-order chi connectivity index (χ1) is 2.77. The Labute approximate surface area is 55.0 Å². The van der Waals surface area contributed by atoms with Gasteiger partial charge in [-0.2, -0.15) is 0 Å². The van der Waals surface area contributed by atoms with Gasteiger partial charge in [-0.25, -0.2) is 0 Å². The molecular weight excluding hydrogens is 129 g/mol. The highest BCUT2D eigenvalue weighted by atomic mass is 27.1. The van der Waals surface area contributed by atoms with Gasteiger partial charge in [0.15, 0.2) is 0 Å². The Morgan fingerprint density at radius 1 is 1.62 bits per heavy atom. The summed E-state index contributed by atoms with van der Waals surface area (Å²) in [4.78, 5) is 9.52. The maximum absolute atomic E-state index is 9.52. The van der Waals surface area contributed by atoms with Crippen LogP contribution < -0.4 is 4.30 Å². The molecule has 0 aromatic carbocycles. The summed E-state index contributed by atoms with van der Waals surface area (Å²) in [6.45, 7) is 0.00463. The fourth-order valence-corrected chi connectivity index (χ4v) is 0.262. The van der Waals surface area contributed by atoms with Crippen LogP contribution in [0.1, 0.15) is 0 Å². The molecule has 0 atom stereocenters. The van der Waals surface area contributed by atoms with Crippen molar-refractivity contribution in [3.05, 3.63) is 0 Å². The standard InChI is InChI=1S/C2H4NO2.Al.2H2O/c3-1-2(4)5;;;/h3H,1H2,(H,4,5);;2*1H2/q-1;+1;;. The first-order valence-corrected chi connectivity index (χ1v) is 2.00. The van der Waals surface area contributed by atoms with E-state index in [-0.39, 0.29) is 17.5 Å². The predicted octanol–water partition coefficient (Wildman–Crippen LogP) is -2.91. The van der Waals surface area contributed by atoms with Gasteiger partial charge in [-0.15, -0.1) is 0 Å². The largest absolute Gasteiger partial charge is 0.480 e. The quantitative estimate of drug-likeness (QED) is 0.398. The Hall–Kier alpha value is -0.118. The number of rotatable bonds is 2. The topological polar surface area (TPSA) is 112 Å². The van der Waals surface area contributed by atoms with E-state index in [4.69, 9.17) is 5.11 Å². The molecule has 2 radical (unpaired) electrons. The minimum Gasteiger partial charge on any atom is -0.480 e. The van der Waals surface area contributed by atoms with Crippen LogP contribution in [-0.2, 0) is 4.79 Å². The van der Waals surface area contributed by atoms with Crippen molar-refractivity contribution >= 4 is 22.5 Å². The number of aliphatic carboxylic acids is 1. The Kier molecular flexibility index (Phi) is 19.6. The molecule has 6 N–H and O–H groups in total. The van der Waals surface area contributed by atoms with Crippen LogP contribution in [-0.4, -0.2) is 45.1 Å². The van der Waals surface area contributed by atoms with Crippen molar-refractivity contribution in [3.8, 4) is 0 Å². The van der Waals surface area contributed by atoms with Gasteiger partial charge in [-0.3, -0.25) is 4.79 Å². The van der Waals surface area contributed by atoms with Gasteiger partial charge in [0.2, 0.25) is 0 Å². The van der Waals surface area contributed by atoms with Crippen LogP contribution in [0.3, 0.4) is 0 Å².